The molecule has 66 valence electrons. The molecule has 1 unspecified atom stereocenters. The van der Waals surface area contributed by atoms with E-state index in [0.29, 0.717) is 6.04 Å². The summed E-state index contributed by atoms with van der Waals surface area (Å²) in [4.78, 5) is 0. The van der Waals surface area contributed by atoms with Crippen molar-refractivity contribution in [2.24, 2.45) is 11.7 Å². The zero-order valence-corrected chi connectivity index (χ0v) is 7.68. The van der Waals surface area contributed by atoms with E-state index < -0.39 is 0 Å². The number of unbranched alkanes of at least 4 members (excludes halogenated alkanes) is 1. The summed E-state index contributed by atoms with van der Waals surface area (Å²) in [6.45, 7) is 2.23. The van der Waals surface area contributed by atoms with Gasteiger partial charge in [0, 0.05) is 6.04 Å². The molecule has 1 aliphatic rings. The quantitative estimate of drug-likeness (QED) is 0.649. The fourth-order valence-corrected chi connectivity index (χ4v) is 1.74. The van der Waals surface area contributed by atoms with Crippen LogP contribution in [0.25, 0.3) is 0 Å². The molecule has 0 radical (unpaired) electrons. The van der Waals surface area contributed by atoms with Crippen LogP contribution in [0.1, 0.15) is 51.9 Å². The lowest BCUT2D eigenvalue weighted by Gasteiger charge is -2.27. The third-order valence-electron chi connectivity index (χ3n) is 2.79. The lowest BCUT2D eigenvalue weighted by molar-refractivity contribution is 0.270. The van der Waals surface area contributed by atoms with Crippen molar-refractivity contribution >= 4 is 0 Å². The van der Waals surface area contributed by atoms with Gasteiger partial charge in [-0.25, -0.2) is 0 Å². The van der Waals surface area contributed by atoms with Crippen molar-refractivity contribution in [1.82, 2.24) is 0 Å². The van der Waals surface area contributed by atoms with Gasteiger partial charge in [-0.3, -0.25) is 0 Å². The smallest absolute Gasteiger partial charge is 0.00414 e. The maximum Gasteiger partial charge on any atom is 0.00414 e. The number of hydrogen-bond acceptors (Lipinski definition) is 1. The minimum atomic E-state index is 0.500. The summed E-state index contributed by atoms with van der Waals surface area (Å²) in [6.07, 6.45) is 9.48. The van der Waals surface area contributed by atoms with Gasteiger partial charge >= 0.3 is 0 Å². The van der Waals surface area contributed by atoms with Crippen LogP contribution in [0.15, 0.2) is 0 Å². The molecule has 0 aromatic carbocycles. The molecule has 1 nitrogen and oxygen atoms in total. The minimum Gasteiger partial charge on any atom is -0.328 e. The first-order chi connectivity index (χ1) is 5.33. The molecule has 0 spiro atoms. The maximum absolute atomic E-state index is 5.97. The SMILES string of the molecule is CCCCC(N)CC1CCC1. The van der Waals surface area contributed by atoms with Gasteiger partial charge < -0.3 is 5.73 Å². The molecule has 1 heteroatoms. The zero-order valence-electron chi connectivity index (χ0n) is 7.68. The molecule has 0 heterocycles. The van der Waals surface area contributed by atoms with Crippen LogP contribution in [0.3, 0.4) is 0 Å². The summed E-state index contributed by atoms with van der Waals surface area (Å²) in [7, 11) is 0. The summed E-state index contributed by atoms with van der Waals surface area (Å²) in [5.74, 6) is 0.988. The van der Waals surface area contributed by atoms with Crippen LogP contribution in [-0.4, -0.2) is 6.04 Å². The topological polar surface area (TPSA) is 26.0 Å². The van der Waals surface area contributed by atoms with Crippen LogP contribution in [-0.2, 0) is 0 Å². The van der Waals surface area contributed by atoms with E-state index in [9.17, 15) is 0 Å². The Labute approximate surface area is 70.4 Å². The molecule has 2 N–H and O–H groups in total. The first-order valence-electron chi connectivity index (χ1n) is 5.08. The lowest BCUT2D eigenvalue weighted by Crippen LogP contribution is -2.26. The summed E-state index contributed by atoms with van der Waals surface area (Å²) in [5, 5.41) is 0. The van der Waals surface area contributed by atoms with Gasteiger partial charge in [0.2, 0.25) is 0 Å². The lowest BCUT2D eigenvalue weighted by atomic mass is 9.80. The predicted octanol–water partition coefficient (Wildman–Crippen LogP) is 2.69. The van der Waals surface area contributed by atoms with Crippen molar-refractivity contribution in [3.8, 4) is 0 Å². The third-order valence-corrected chi connectivity index (χ3v) is 2.79. The summed E-state index contributed by atoms with van der Waals surface area (Å²) < 4.78 is 0. The van der Waals surface area contributed by atoms with Crippen LogP contribution < -0.4 is 5.73 Å². The fourth-order valence-electron chi connectivity index (χ4n) is 1.74. The first kappa shape index (κ1) is 9.05. The normalized spacial score (nSPS) is 21.3. The second kappa shape index (κ2) is 4.76. The monoisotopic (exact) mass is 155 g/mol. The van der Waals surface area contributed by atoms with Crippen molar-refractivity contribution in [3.63, 3.8) is 0 Å². The average molecular weight is 155 g/mol. The van der Waals surface area contributed by atoms with Crippen molar-refractivity contribution in [3.05, 3.63) is 0 Å². The van der Waals surface area contributed by atoms with E-state index in [2.05, 4.69) is 6.92 Å². The average Bonchev–Trinajstić information content (AvgIpc) is 1.93. The van der Waals surface area contributed by atoms with E-state index in [1.54, 1.807) is 0 Å². The molecular weight excluding hydrogens is 134 g/mol. The minimum absolute atomic E-state index is 0.500. The molecule has 0 aromatic heterocycles. The molecule has 0 amide bonds. The second-order valence-corrected chi connectivity index (χ2v) is 3.93. The molecule has 1 aliphatic carbocycles. The zero-order chi connectivity index (χ0) is 8.10. The summed E-state index contributed by atoms with van der Waals surface area (Å²) >= 11 is 0. The summed E-state index contributed by atoms with van der Waals surface area (Å²) in [5.41, 5.74) is 5.97. The third kappa shape index (κ3) is 3.24. The van der Waals surface area contributed by atoms with Crippen LogP contribution in [0.5, 0.6) is 0 Å². The van der Waals surface area contributed by atoms with Gasteiger partial charge in [-0.2, -0.15) is 0 Å². The Morgan fingerprint density at radius 3 is 2.64 bits per heavy atom. The Morgan fingerprint density at radius 1 is 1.45 bits per heavy atom. The van der Waals surface area contributed by atoms with Gasteiger partial charge in [0.05, 0.1) is 0 Å². The maximum atomic E-state index is 5.97. The predicted molar refractivity (Wildman–Crippen MR) is 49.5 cm³/mol. The molecule has 0 bridgehead atoms. The van der Waals surface area contributed by atoms with E-state index in [1.165, 1.54) is 44.9 Å². The fraction of sp³-hybridized carbons (Fsp3) is 1.00. The molecule has 0 aromatic rings. The van der Waals surface area contributed by atoms with Gasteiger partial charge in [-0.1, -0.05) is 39.0 Å². The number of hydrogen-bond donors (Lipinski definition) is 1. The Balaban J connectivity index is 1.95. The molecule has 11 heavy (non-hydrogen) atoms. The van der Waals surface area contributed by atoms with Crippen molar-refractivity contribution in [2.75, 3.05) is 0 Å². The second-order valence-electron chi connectivity index (χ2n) is 3.93. The highest BCUT2D eigenvalue weighted by atomic mass is 14.6. The van der Waals surface area contributed by atoms with E-state index in [-0.39, 0.29) is 0 Å². The molecule has 1 fully saturated rings. The van der Waals surface area contributed by atoms with Gasteiger partial charge in [0.1, 0.15) is 0 Å². The van der Waals surface area contributed by atoms with Crippen LogP contribution in [0, 0.1) is 5.92 Å². The van der Waals surface area contributed by atoms with Gasteiger partial charge in [0.15, 0.2) is 0 Å². The Hall–Kier alpha value is -0.0400. The number of nitrogens with two attached hydrogens (primary N) is 1. The largest absolute Gasteiger partial charge is 0.328 e. The molecular formula is C10H21N. The molecule has 1 saturated carbocycles. The highest BCUT2D eigenvalue weighted by Crippen LogP contribution is 2.30. The van der Waals surface area contributed by atoms with Gasteiger partial charge in [0.25, 0.3) is 0 Å². The molecule has 1 rings (SSSR count). The first-order valence-corrected chi connectivity index (χ1v) is 5.08. The highest BCUT2D eigenvalue weighted by molar-refractivity contribution is 4.74. The number of rotatable bonds is 5. The van der Waals surface area contributed by atoms with Gasteiger partial charge in [-0.05, 0) is 18.8 Å². The van der Waals surface area contributed by atoms with Gasteiger partial charge in [-0.15, -0.1) is 0 Å². The molecule has 0 aliphatic heterocycles. The standard InChI is InChI=1S/C10H21N/c1-2-3-7-10(11)8-9-5-4-6-9/h9-10H,2-8,11H2,1H3. The van der Waals surface area contributed by atoms with E-state index in [1.807, 2.05) is 0 Å². The Bertz CT molecular complexity index is 97.0. The van der Waals surface area contributed by atoms with Crippen LogP contribution in [0.4, 0.5) is 0 Å². The van der Waals surface area contributed by atoms with Crippen molar-refractivity contribution in [2.45, 2.75) is 57.9 Å². The molecule has 0 saturated heterocycles. The van der Waals surface area contributed by atoms with Crippen LogP contribution >= 0.6 is 0 Å². The Kier molecular flexibility index (Phi) is 3.92. The van der Waals surface area contributed by atoms with E-state index in [4.69, 9.17) is 5.73 Å². The highest BCUT2D eigenvalue weighted by Gasteiger charge is 2.19. The van der Waals surface area contributed by atoms with E-state index in [0.717, 1.165) is 5.92 Å². The van der Waals surface area contributed by atoms with Crippen LogP contribution in [0.2, 0.25) is 0 Å². The van der Waals surface area contributed by atoms with Crippen molar-refractivity contribution in [1.29, 1.82) is 0 Å². The van der Waals surface area contributed by atoms with Crippen molar-refractivity contribution < 1.29 is 0 Å². The van der Waals surface area contributed by atoms with E-state index >= 15 is 0 Å². The summed E-state index contributed by atoms with van der Waals surface area (Å²) in [6, 6.07) is 0.500. The molecule has 1 atom stereocenters. The Morgan fingerprint density at radius 2 is 2.18 bits per heavy atom.